The quantitative estimate of drug-likeness (QED) is 0.861. The molecule has 1 amide bonds. The summed E-state index contributed by atoms with van der Waals surface area (Å²) in [7, 11) is 0. The lowest BCUT2D eigenvalue weighted by atomic mass is 9.92. The fraction of sp³-hybridized carbons (Fsp3) is 0.429. The van der Waals surface area contributed by atoms with E-state index in [0.29, 0.717) is 11.5 Å². The Balaban J connectivity index is 1.38. The molecular formula is C21H24N2O2. The number of fused-ring (bicyclic) bond motifs is 1. The van der Waals surface area contributed by atoms with E-state index in [1.54, 1.807) is 6.20 Å². The Bertz CT molecular complexity index is 736. The molecule has 25 heavy (non-hydrogen) atoms. The summed E-state index contributed by atoms with van der Waals surface area (Å²) < 4.78 is 5.86. The molecule has 2 aliphatic rings. The fourth-order valence-electron chi connectivity index (χ4n) is 3.77. The van der Waals surface area contributed by atoms with E-state index < -0.39 is 0 Å². The zero-order valence-corrected chi connectivity index (χ0v) is 14.5. The molecular weight excluding hydrogens is 312 g/mol. The lowest BCUT2D eigenvalue weighted by molar-refractivity contribution is 0.0724. The summed E-state index contributed by atoms with van der Waals surface area (Å²) in [6.07, 6.45) is 7.09. The van der Waals surface area contributed by atoms with Gasteiger partial charge in [-0.05, 0) is 55.9 Å². The summed E-state index contributed by atoms with van der Waals surface area (Å²) in [5, 5.41) is 0. The van der Waals surface area contributed by atoms with Gasteiger partial charge >= 0.3 is 0 Å². The summed E-state index contributed by atoms with van der Waals surface area (Å²) in [4.78, 5) is 19.0. The molecule has 1 saturated heterocycles. The van der Waals surface area contributed by atoms with Crippen molar-refractivity contribution in [1.29, 1.82) is 0 Å². The zero-order chi connectivity index (χ0) is 17.1. The highest BCUT2D eigenvalue weighted by Crippen LogP contribution is 2.28. The van der Waals surface area contributed by atoms with Crippen molar-refractivity contribution in [1.82, 2.24) is 9.88 Å². The van der Waals surface area contributed by atoms with Crippen molar-refractivity contribution < 1.29 is 9.53 Å². The van der Waals surface area contributed by atoms with Gasteiger partial charge in [-0.15, -0.1) is 0 Å². The molecule has 0 aliphatic carbocycles. The molecule has 2 aromatic rings. The minimum atomic E-state index is 0.119. The van der Waals surface area contributed by atoms with Gasteiger partial charge in [0.15, 0.2) is 0 Å². The average molecular weight is 336 g/mol. The highest BCUT2D eigenvalue weighted by atomic mass is 16.5. The van der Waals surface area contributed by atoms with Crippen LogP contribution in [-0.4, -0.2) is 35.5 Å². The maximum Gasteiger partial charge on any atom is 0.255 e. The summed E-state index contributed by atoms with van der Waals surface area (Å²) in [6, 6.07) is 12.2. The van der Waals surface area contributed by atoms with Crippen molar-refractivity contribution in [2.45, 2.75) is 32.1 Å². The maximum atomic E-state index is 12.5. The third kappa shape index (κ3) is 3.68. The second-order valence-electron chi connectivity index (χ2n) is 7.08. The predicted octanol–water partition coefficient (Wildman–Crippen LogP) is 3.50. The van der Waals surface area contributed by atoms with Crippen molar-refractivity contribution in [3.8, 4) is 5.75 Å². The van der Waals surface area contributed by atoms with E-state index in [1.807, 2.05) is 29.2 Å². The van der Waals surface area contributed by atoms with Gasteiger partial charge in [-0.2, -0.15) is 0 Å². The molecule has 1 aromatic carbocycles. The van der Waals surface area contributed by atoms with E-state index in [4.69, 9.17) is 4.74 Å². The Labute approximate surface area is 148 Å². The van der Waals surface area contributed by atoms with Gasteiger partial charge in [0.2, 0.25) is 0 Å². The number of carbonyl (C=O) groups excluding carboxylic acids is 1. The lowest BCUT2D eigenvalue weighted by Crippen LogP contribution is -2.35. The maximum absolute atomic E-state index is 12.5. The first-order valence-corrected chi connectivity index (χ1v) is 9.24. The van der Waals surface area contributed by atoms with E-state index >= 15 is 0 Å². The minimum Gasteiger partial charge on any atom is -0.493 e. The number of likely N-dealkylation sites (tertiary alicyclic amines) is 1. The molecule has 130 valence electrons. The Kier molecular flexibility index (Phi) is 4.68. The van der Waals surface area contributed by atoms with Crippen LogP contribution in [0.3, 0.4) is 0 Å². The van der Waals surface area contributed by atoms with Crippen LogP contribution in [0.5, 0.6) is 5.75 Å². The molecule has 1 fully saturated rings. The molecule has 0 unspecified atom stereocenters. The topological polar surface area (TPSA) is 42.4 Å². The third-order valence-electron chi connectivity index (χ3n) is 5.17. The van der Waals surface area contributed by atoms with E-state index in [2.05, 4.69) is 17.1 Å². The van der Waals surface area contributed by atoms with Crippen LogP contribution in [-0.2, 0) is 12.8 Å². The molecule has 1 atom stereocenters. The Morgan fingerprint density at radius 2 is 1.96 bits per heavy atom. The van der Waals surface area contributed by atoms with Gasteiger partial charge in [0, 0.05) is 30.9 Å². The first kappa shape index (κ1) is 16.1. The minimum absolute atomic E-state index is 0.119. The highest BCUT2D eigenvalue weighted by Gasteiger charge is 2.21. The van der Waals surface area contributed by atoms with Crippen molar-refractivity contribution in [3.05, 3.63) is 59.4 Å². The van der Waals surface area contributed by atoms with E-state index in [0.717, 1.165) is 56.8 Å². The molecule has 4 rings (SSSR count). The number of nitrogens with zero attached hydrogens (tertiary/aromatic N) is 2. The van der Waals surface area contributed by atoms with Crippen LogP contribution in [0.25, 0.3) is 0 Å². The van der Waals surface area contributed by atoms with Crippen LogP contribution in [0, 0.1) is 5.92 Å². The summed E-state index contributed by atoms with van der Waals surface area (Å²) in [5.41, 5.74) is 3.01. The number of carbonyl (C=O) groups is 1. The smallest absolute Gasteiger partial charge is 0.255 e. The second-order valence-corrected chi connectivity index (χ2v) is 7.08. The number of piperidine rings is 1. The Morgan fingerprint density at radius 1 is 1.12 bits per heavy atom. The molecule has 1 aromatic heterocycles. The zero-order valence-electron chi connectivity index (χ0n) is 14.5. The molecule has 0 bridgehead atoms. The van der Waals surface area contributed by atoms with Crippen molar-refractivity contribution in [2.75, 3.05) is 19.7 Å². The number of benzene rings is 1. The number of ether oxygens (including phenoxy) is 1. The number of pyridine rings is 1. The summed E-state index contributed by atoms with van der Waals surface area (Å²) >= 11 is 0. The number of aromatic nitrogens is 1. The fourth-order valence-corrected chi connectivity index (χ4v) is 3.77. The molecule has 0 radical (unpaired) electrons. The largest absolute Gasteiger partial charge is 0.493 e. The predicted molar refractivity (Wildman–Crippen MR) is 96.8 cm³/mol. The van der Waals surface area contributed by atoms with Gasteiger partial charge < -0.3 is 9.64 Å². The Hall–Kier alpha value is -2.36. The van der Waals surface area contributed by atoms with Gasteiger partial charge in [0.1, 0.15) is 5.75 Å². The summed E-state index contributed by atoms with van der Waals surface area (Å²) in [5.74, 6) is 1.56. The number of hydrogen-bond acceptors (Lipinski definition) is 3. The van der Waals surface area contributed by atoms with Crippen LogP contribution in [0.15, 0.2) is 42.6 Å². The number of rotatable bonds is 3. The van der Waals surface area contributed by atoms with E-state index in [9.17, 15) is 4.79 Å². The summed E-state index contributed by atoms with van der Waals surface area (Å²) in [6.45, 7) is 2.48. The van der Waals surface area contributed by atoms with Gasteiger partial charge in [-0.1, -0.05) is 18.2 Å². The average Bonchev–Trinajstić information content (AvgIpc) is 2.69. The highest BCUT2D eigenvalue weighted by molar-refractivity contribution is 5.93. The van der Waals surface area contributed by atoms with E-state index in [-0.39, 0.29) is 5.91 Å². The van der Waals surface area contributed by atoms with Crippen LogP contribution < -0.4 is 4.74 Å². The van der Waals surface area contributed by atoms with Gasteiger partial charge in [0.25, 0.3) is 5.91 Å². The lowest BCUT2D eigenvalue weighted by Gasteiger charge is -2.27. The molecule has 0 N–H and O–H groups in total. The van der Waals surface area contributed by atoms with Crippen molar-refractivity contribution in [3.63, 3.8) is 0 Å². The van der Waals surface area contributed by atoms with Crippen LogP contribution >= 0.6 is 0 Å². The SMILES string of the molecule is O=C(c1ccc(C[C@@H]2COc3ccccc3C2)nc1)N1CCCCC1. The van der Waals surface area contributed by atoms with Crippen LogP contribution in [0.4, 0.5) is 0 Å². The van der Waals surface area contributed by atoms with Gasteiger partial charge in [-0.3, -0.25) is 9.78 Å². The number of para-hydroxylation sites is 1. The van der Waals surface area contributed by atoms with Gasteiger partial charge in [-0.25, -0.2) is 0 Å². The molecule has 2 aliphatic heterocycles. The van der Waals surface area contributed by atoms with E-state index in [1.165, 1.54) is 12.0 Å². The third-order valence-corrected chi connectivity index (χ3v) is 5.17. The van der Waals surface area contributed by atoms with Crippen molar-refractivity contribution >= 4 is 5.91 Å². The number of amides is 1. The first-order valence-electron chi connectivity index (χ1n) is 9.24. The van der Waals surface area contributed by atoms with Crippen LogP contribution in [0.2, 0.25) is 0 Å². The molecule has 4 heteroatoms. The molecule has 4 nitrogen and oxygen atoms in total. The Morgan fingerprint density at radius 3 is 2.76 bits per heavy atom. The second kappa shape index (κ2) is 7.26. The monoisotopic (exact) mass is 336 g/mol. The number of hydrogen-bond donors (Lipinski definition) is 0. The van der Waals surface area contributed by atoms with Gasteiger partial charge in [0.05, 0.1) is 12.2 Å². The molecule has 3 heterocycles. The standard InChI is InChI=1S/C21H24N2O2/c24-21(23-10-4-1-5-11-23)18-8-9-19(22-14-18)13-16-12-17-6-2-3-7-20(17)25-15-16/h2-3,6-9,14,16H,1,4-5,10-13,15H2/t16-/m1/s1. The normalized spacial score (nSPS) is 19.8. The molecule has 0 spiro atoms. The first-order chi connectivity index (χ1) is 12.3. The molecule has 0 saturated carbocycles. The van der Waals surface area contributed by atoms with Crippen LogP contribution in [0.1, 0.15) is 40.9 Å². The van der Waals surface area contributed by atoms with Crippen molar-refractivity contribution in [2.24, 2.45) is 5.92 Å².